The molecule has 0 fully saturated rings. The monoisotopic (exact) mass is 252 g/mol. The van der Waals surface area contributed by atoms with E-state index in [2.05, 4.69) is 10.6 Å². The summed E-state index contributed by atoms with van der Waals surface area (Å²) in [6, 6.07) is 4.32. The molecule has 0 aliphatic heterocycles. The SMILES string of the molecule is CNC(=O)c1ccc(NCCCN)c([N+](=O)[O-])c1. The molecule has 7 heteroatoms. The molecule has 4 N–H and O–H groups in total. The predicted octanol–water partition coefficient (Wildman–Crippen LogP) is 0.715. The minimum Gasteiger partial charge on any atom is -0.379 e. The molecule has 0 saturated carbocycles. The summed E-state index contributed by atoms with van der Waals surface area (Å²) in [7, 11) is 1.47. The number of benzene rings is 1. The van der Waals surface area contributed by atoms with Crippen molar-refractivity contribution in [3.8, 4) is 0 Å². The largest absolute Gasteiger partial charge is 0.379 e. The van der Waals surface area contributed by atoms with Crippen molar-refractivity contribution in [2.45, 2.75) is 6.42 Å². The summed E-state index contributed by atoms with van der Waals surface area (Å²) in [5.41, 5.74) is 5.88. The molecule has 0 radical (unpaired) electrons. The summed E-state index contributed by atoms with van der Waals surface area (Å²) < 4.78 is 0. The van der Waals surface area contributed by atoms with Gasteiger partial charge in [0.2, 0.25) is 0 Å². The molecule has 0 aliphatic carbocycles. The van der Waals surface area contributed by atoms with Gasteiger partial charge in [0.15, 0.2) is 0 Å². The second kappa shape index (κ2) is 6.55. The average molecular weight is 252 g/mol. The van der Waals surface area contributed by atoms with Crippen LogP contribution in [0, 0.1) is 10.1 Å². The number of amides is 1. The first kappa shape index (κ1) is 13.9. The van der Waals surface area contributed by atoms with Crippen molar-refractivity contribution in [1.29, 1.82) is 0 Å². The molecule has 1 rings (SSSR count). The lowest BCUT2D eigenvalue weighted by Crippen LogP contribution is -2.18. The zero-order chi connectivity index (χ0) is 13.5. The smallest absolute Gasteiger partial charge is 0.293 e. The van der Waals surface area contributed by atoms with Gasteiger partial charge in [-0.2, -0.15) is 0 Å². The number of rotatable bonds is 6. The van der Waals surface area contributed by atoms with Crippen LogP contribution in [0.5, 0.6) is 0 Å². The van der Waals surface area contributed by atoms with Gasteiger partial charge in [-0.3, -0.25) is 14.9 Å². The lowest BCUT2D eigenvalue weighted by atomic mass is 10.1. The fourth-order valence-corrected chi connectivity index (χ4v) is 1.44. The molecular weight excluding hydrogens is 236 g/mol. The zero-order valence-corrected chi connectivity index (χ0v) is 10.1. The van der Waals surface area contributed by atoms with Crippen molar-refractivity contribution in [1.82, 2.24) is 5.32 Å². The van der Waals surface area contributed by atoms with E-state index in [1.807, 2.05) is 0 Å². The highest BCUT2D eigenvalue weighted by Gasteiger charge is 2.16. The third-order valence-electron chi connectivity index (χ3n) is 2.38. The van der Waals surface area contributed by atoms with E-state index < -0.39 is 4.92 Å². The summed E-state index contributed by atoms with van der Waals surface area (Å²) in [6.07, 6.45) is 0.717. The van der Waals surface area contributed by atoms with Crippen LogP contribution in [-0.2, 0) is 0 Å². The first-order valence-corrected chi connectivity index (χ1v) is 5.54. The zero-order valence-electron chi connectivity index (χ0n) is 10.1. The number of hydrogen-bond donors (Lipinski definition) is 3. The summed E-state index contributed by atoms with van der Waals surface area (Å²) >= 11 is 0. The number of nitrogens with zero attached hydrogens (tertiary/aromatic N) is 1. The van der Waals surface area contributed by atoms with Crippen LogP contribution in [0.2, 0.25) is 0 Å². The maximum Gasteiger partial charge on any atom is 0.293 e. The molecule has 0 atom stereocenters. The summed E-state index contributed by atoms with van der Waals surface area (Å²) in [4.78, 5) is 21.8. The Balaban J connectivity index is 2.97. The second-order valence-electron chi connectivity index (χ2n) is 3.64. The molecule has 0 spiro atoms. The summed E-state index contributed by atoms with van der Waals surface area (Å²) in [6.45, 7) is 1.06. The maximum absolute atomic E-state index is 11.4. The molecule has 0 aromatic heterocycles. The number of carbonyl (C=O) groups is 1. The standard InChI is InChI=1S/C11H16N4O3/c1-13-11(16)8-3-4-9(14-6-2-5-12)10(7-8)15(17)18/h3-4,7,14H,2,5-6,12H2,1H3,(H,13,16). The van der Waals surface area contributed by atoms with E-state index >= 15 is 0 Å². The molecule has 1 amide bonds. The van der Waals surface area contributed by atoms with Crippen LogP contribution >= 0.6 is 0 Å². The first-order chi connectivity index (χ1) is 8.60. The molecule has 0 aliphatic rings. The van der Waals surface area contributed by atoms with Gasteiger partial charge < -0.3 is 16.4 Å². The van der Waals surface area contributed by atoms with Crippen LogP contribution in [-0.4, -0.2) is 31.0 Å². The molecular formula is C11H16N4O3. The van der Waals surface area contributed by atoms with Gasteiger partial charge in [-0.05, 0) is 25.1 Å². The first-order valence-electron chi connectivity index (χ1n) is 5.54. The van der Waals surface area contributed by atoms with Gasteiger partial charge in [-0.15, -0.1) is 0 Å². The van der Waals surface area contributed by atoms with Crippen molar-refractivity contribution in [3.05, 3.63) is 33.9 Å². The number of nitro benzene ring substituents is 1. The van der Waals surface area contributed by atoms with E-state index in [0.717, 1.165) is 0 Å². The molecule has 98 valence electrons. The van der Waals surface area contributed by atoms with Gasteiger partial charge in [-0.25, -0.2) is 0 Å². The number of nitro groups is 1. The van der Waals surface area contributed by atoms with E-state index in [1.165, 1.54) is 25.2 Å². The fraction of sp³-hybridized carbons (Fsp3) is 0.364. The molecule has 1 aromatic rings. The molecule has 0 bridgehead atoms. The van der Waals surface area contributed by atoms with Crippen molar-refractivity contribution >= 4 is 17.3 Å². The summed E-state index contributed by atoms with van der Waals surface area (Å²) in [5, 5.41) is 16.3. The summed E-state index contributed by atoms with van der Waals surface area (Å²) in [5.74, 6) is -0.355. The van der Waals surface area contributed by atoms with Gasteiger partial charge in [0.05, 0.1) is 4.92 Å². The van der Waals surface area contributed by atoms with Crippen LogP contribution in [0.1, 0.15) is 16.8 Å². The predicted molar refractivity (Wildman–Crippen MR) is 68.6 cm³/mol. The molecule has 1 aromatic carbocycles. The van der Waals surface area contributed by atoms with E-state index in [1.54, 1.807) is 0 Å². The second-order valence-corrected chi connectivity index (χ2v) is 3.64. The van der Waals surface area contributed by atoms with Crippen LogP contribution < -0.4 is 16.4 Å². The fourth-order valence-electron chi connectivity index (χ4n) is 1.44. The minimum absolute atomic E-state index is 0.117. The number of nitrogens with one attached hydrogen (secondary N) is 2. The average Bonchev–Trinajstić information content (AvgIpc) is 2.38. The number of anilines is 1. The maximum atomic E-state index is 11.4. The van der Waals surface area contributed by atoms with Gasteiger partial charge in [0.25, 0.3) is 11.6 Å². The highest BCUT2D eigenvalue weighted by Crippen LogP contribution is 2.25. The highest BCUT2D eigenvalue weighted by atomic mass is 16.6. The Morgan fingerprint density at radius 1 is 1.50 bits per heavy atom. The van der Waals surface area contributed by atoms with E-state index in [4.69, 9.17) is 5.73 Å². The van der Waals surface area contributed by atoms with Gasteiger partial charge in [0.1, 0.15) is 5.69 Å². The number of nitrogens with two attached hydrogens (primary N) is 1. The van der Waals surface area contributed by atoms with Crippen molar-refractivity contribution in [3.63, 3.8) is 0 Å². The van der Waals surface area contributed by atoms with Crippen molar-refractivity contribution in [2.75, 3.05) is 25.5 Å². The van der Waals surface area contributed by atoms with Gasteiger partial charge in [0, 0.05) is 25.2 Å². The highest BCUT2D eigenvalue weighted by molar-refractivity contribution is 5.95. The molecule has 0 heterocycles. The van der Waals surface area contributed by atoms with Crippen LogP contribution in [0.3, 0.4) is 0 Å². The molecule has 18 heavy (non-hydrogen) atoms. The van der Waals surface area contributed by atoms with Gasteiger partial charge in [-0.1, -0.05) is 0 Å². The lowest BCUT2D eigenvalue weighted by molar-refractivity contribution is -0.384. The molecule has 7 nitrogen and oxygen atoms in total. The van der Waals surface area contributed by atoms with Crippen molar-refractivity contribution < 1.29 is 9.72 Å². The minimum atomic E-state index is -0.517. The van der Waals surface area contributed by atoms with Gasteiger partial charge >= 0.3 is 0 Å². The Kier molecular flexibility index (Phi) is 5.06. The third kappa shape index (κ3) is 3.42. The van der Waals surface area contributed by atoms with E-state index in [-0.39, 0.29) is 17.2 Å². The Morgan fingerprint density at radius 2 is 2.22 bits per heavy atom. The van der Waals surface area contributed by atoms with E-state index in [9.17, 15) is 14.9 Å². The Bertz CT molecular complexity index is 448. The van der Waals surface area contributed by atoms with E-state index in [0.29, 0.717) is 25.2 Å². The number of carbonyl (C=O) groups excluding carboxylic acids is 1. The topological polar surface area (TPSA) is 110 Å². The normalized spacial score (nSPS) is 9.89. The lowest BCUT2D eigenvalue weighted by Gasteiger charge is -2.07. The Hall–Kier alpha value is -2.15. The molecule has 0 unspecified atom stereocenters. The molecule has 0 saturated heterocycles. The Labute approximate surface area is 105 Å². The quantitative estimate of drug-likeness (QED) is 0.392. The Morgan fingerprint density at radius 3 is 2.78 bits per heavy atom. The van der Waals surface area contributed by atoms with Crippen LogP contribution in [0.4, 0.5) is 11.4 Å². The number of hydrogen-bond acceptors (Lipinski definition) is 5. The van der Waals surface area contributed by atoms with Crippen molar-refractivity contribution in [2.24, 2.45) is 5.73 Å². The van der Waals surface area contributed by atoms with Crippen LogP contribution in [0.15, 0.2) is 18.2 Å². The third-order valence-corrected chi connectivity index (χ3v) is 2.38. The van der Waals surface area contributed by atoms with Crippen LogP contribution in [0.25, 0.3) is 0 Å².